The number of aromatic nitrogens is 1. The van der Waals surface area contributed by atoms with Gasteiger partial charge in [0.15, 0.2) is 16.9 Å². The van der Waals surface area contributed by atoms with Crippen molar-refractivity contribution in [2.75, 3.05) is 18.9 Å². The average Bonchev–Trinajstić information content (AvgIpc) is 3.70. The molecule has 1 aliphatic carbocycles. The Bertz CT molecular complexity index is 1530. The van der Waals surface area contributed by atoms with E-state index in [1.165, 1.54) is 71.5 Å². The highest BCUT2D eigenvalue weighted by atomic mass is 35.5. The van der Waals surface area contributed by atoms with Crippen LogP contribution in [0, 0.1) is 16.0 Å². The molecular formula is C29H25Cl2F2N3O7S. The number of benzene rings is 2. The molecule has 3 aromatic rings. The molecule has 2 heterocycles. The Balaban J connectivity index is 1.42. The molecule has 0 N–H and O–H groups in total. The number of hydrogen-bond acceptors (Lipinski definition) is 9. The van der Waals surface area contributed by atoms with E-state index in [0.717, 1.165) is 12.8 Å². The van der Waals surface area contributed by atoms with Gasteiger partial charge in [-0.15, -0.1) is 11.8 Å². The summed E-state index contributed by atoms with van der Waals surface area (Å²) in [5.41, 5.74) is 0.836. The van der Waals surface area contributed by atoms with Gasteiger partial charge in [-0.05, 0) is 54.2 Å². The summed E-state index contributed by atoms with van der Waals surface area (Å²) in [6.07, 6.45) is 3.69. The van der Waals surface area contributed by atoms with E-state index < -0.39 is 34.9 Å². The molecule has 2 fully saturated rings. The molecule has 15 heteroatoms. The molecule has 1 amide bonds. The second-order valence-corrected chi connectivity index (χ2v) is 12.1. The maximum Gasteiger partial charge on any atom is 0.387 e. The zero-order valence-corrected chi connectivity index (χ0v) is 25.2. The minimum atomic E-state index is -3.08. The number of halogens is 4. The molecule has 1 saturated heterocycles. The van der Waals surface area contributed by atoms with Crippen molar-refractivity contribution in [2.45, 2.75) is 37.4 Å². The van der Waals surface area contributed by atoms with Crippen LogP contribution in [-0.2, 0) is 16.0 Å². The van der Waals surface area contributed by atoms with Crippen LogP contribution in [0.1, 0.15) is 40.4 Å². The number of carbonyl (C=O) groups is 2. The lowest BCUT2D eigenvalue weighted by Crippen LogP contribution is -2.40. The molecule has 2 aliphatic rings. The Morgan fingerprint density at radius 2 is 1.80 bits per heavy atom. The number of nitrogens with zero attached hydrogens (tertiary/aromatic N) is 3. The highest BCUT2D eigenvalue weighted by Gasteiger charge is 2.38. The first-order valence-corrected chi connectivity index (χ1v) is 15.3. The number of rotatable bonds is 12. The standard InChI is InChI=1S/C29H25Cl2F2N3O7S/c30-21-13-34-14-22(31)20(21)12-24(18-5-8-23(43-29(32)33)25(11-18)41-15-16-1-2-16)42-28(38)27-35(9-10-44-27)26(37)17-3-6-19(7-4-17)36(39)40/h3-8,11,13-14,16,24,27,29H,1-2,9-10,12,15H2/t24-,27?/m0/s1. The SMILES string of the molecule is O=C(O[C@@H](Cc1c(Cl)cncc1Cl)c1ccc(OC(F)F)c(OCC2CC2)c1)C1SCCN1C(=O)c1ccc([N+](=O)[O-])cc1. The number of ether oxygens (including phenoxy) is 3. The van der Waals surface area contributed by atoms with Gasteiger partial charge in [0.2, 0.25) is 0 Å². The Hall–Kier alpha value is -3.68. The van der Waals surface area contributed by atoms with Crippen LogP contribution in [0.3, 0.4) is 0 Å². The molecule has 232 valence electrons. The number of pyridine rings is 1. The lowest BCUT2D eigenvalue weighted by atomic mass is 10.0. The number of carbonyl (C=O) groups excluding carboxylic acids is 2. The van der Waals surface area contributed by atoms with Crippen molar-refractivity contribution in [3.8, 4) is 11.5 Å². The fraction of sp³-hybridized carbons (Fsp3) is 0.345. The number of thioether (sulfide) groups is 1. The highest BCUT2D eigenvalue weighted by Crippen LogP contribution is 2.39. The van der Waals surface area contributed by atoms with Crippen LogP contribution in [0.5, 0.6) is 11.5 Å². The van der Waals surface area contributed by atoms with Crippen LogP contribution < -0.4 is 9.47 Å². The second kappa shape index (κ2) is 14.0. The number of non-ortho nitro benzene ring substituents is 1. The van der Waals surface area contributed by atoms with Crippen molar-refractivity contribution in [3.63, 3.8) is 0 Å². The minimum absolute atomic E-state index is 0.00325. The van der Waals surface area contributed by atoms with Crippen LogP contribution in [0.4, 0.5) is 14.5 Å². The first-order valence-electron chi connectivity index (χ1n) is 13.5. The zero-order valence-electron chi connectivity index (χ0n) is 22.9. The average molecular weight is 669 g/mol. The Morgan fingerprint density at radius 1 is 1.09 bits per heavy atom. The lowest BCUT2D eigenvalue weighted by molar-refractivity contribution is -0.384. The molecule has 0 radical (unpaired) electrons. The summed E-state index contributed by atoms with van der Waals surface area (Å²) in [5, 5.41) is 10.4. The first kappa shape index (κ1) is 31.7. The van der Waals surface area contributed by atoms with Crippen molar-refractivity contribution in [2.24, 2.45) is 5.92 Å². The molecule has 1 aliphatic heterocycles. The van der Waals surface area contributed by atoms with Crippen molar-refractivity contribution in [1.29, 1.82) is 0 Å². The van der Waals surface area contributed by atoms with Gasteiger partial charge in [-0.25, -0.2) is 4.79 Å². The highest BCUT2D eigenvalue weighted by molar-refractivity contribution is 8.00. The van der Waals surface area contributed by atoms with Gasteiger partial charge in [0.1, 0.15) is 6.10 Å². The number of esters is 1. The molecule has 5 rings (SSSR count). The third kappa shape index (κ3) is 7.69. The maximum absolute atomic E-state index is 13.6. The van der Waals surface area contributed by atoms with Gasteiger partial charge in [-0.2, -0.15) is 8.78 Å². The van der Waals surface area contributed by atoms with E-state index in [2.05, 4.69) is 9.72 Å². The fourth-order valence-electron chi connectivity index (χ4n) is 4.53. The van der Waals surface area contributed by atoms with Crippen molar-refractivity contribution in [1.82, 2.24) is 9.88 Å². The predicted octanol–water partition coefficient (Wildman–Crippen LogP) is 6.73. The van der Waals surface area contributed by atoms with Crippen LogP contribution in [0.15, 0.2) is 54.9 Å². The topological polar surface area (TPSA) is 121 Å². The second-order valence-electron chi connectivity index (χ2n) is 10.1. The van der Waals surface area contributed by atoms with Crippen molar-refractivity contribution >= 4 is 52.5 Å². The van der Waals surface area contributed by atoms with E-state index >= 15 is 0 Å². The number of nitro groups is 1. The first-order chi connectivity index (χ1) is 21.1. The summed E-state index contributed by atoms with van der Waals surface area (Å²) in [7, 11) is 0. The van der Waals surface area contributed by atoms with Crippen molar-refractivity contribution in [3.05, 3.63) is 91.7 Å². The maximum atomic E-state index is 13.6. The van der Waals surface area contributed by atoms with E-state index in [4.69, 9.17) is 32.7 Å². The Labute approximate surface area is 264 Å². The summed E-state index contributed by atoms with van der Waals surface area (Å²) >= 11 is 14.0. The van der Waals surface area contributed by atoms with E-state index in [1.807, 2.05) is 0 Å². The zero-order chi connectivity index (χ0) is 31.4. The molecule has 1 aromatic heterocycles. The summed E-state index contributed by atoms with van der Waals surface area (Å²) in [4.78, 5) is 42.6. The Kier molecular flexibility index (Phi) is 10.1. The van der Waals surface area contributed by atoms with Crippen LogP contribution >= 0.6 is 35.0 Å². The number of alkyl halides is 2. The number of nitro benzene ring substituents is 1. The molecule has 2 aromatic carbocycles. The molecule has 1 unspecified atom stereocenters. The van der Waals surface area contributed by atoms with Gasteiger partial charge in [0.05, 0.1) is 21.6 Å². The normalized spacial score (nSPS) is 16.9. The molecule has 44 heavy (non-hydrogen) atoms. The van der Waals surface area contributed by atoms with Gasteiger partial charge in [0, 0.05) is 48.8 Å². The third-order valence-corrected chi connectivity index (χ3v) is 8.84. The van der Waals surface area contributed by atoms with Crippen LogP contribution in [-0.4, -0.2) is 57.6 Å². The van der Waals surface area contributed by atoms with Gasteiger partial charge in [-0.3, -0.25) is 19.9 Å². The fourth-order valence-corrected chi connectivity index (χ4v) is 6.15. The number of hydrogen-bond donors (Lipinski definition) is 0. The summed E-state index contributed by atoms with van der Waals surface area (Å²) in [5.74, 6) is -0.562. The van der Waals surface area contributed by atoms with Crippen molar-refractivity contribution < 1.29 is 37.5 Å². The largest absolute Gasteiger partial charge is 0.489 e. The van der Waals surface area contributed by atoms with Gasteiger partial charge in [0.25, 0.3) is 11.6 Å². The van der Waals surface area contributed by atoms with Gasteiger partial charge < -0.3 is 19.1 Å². The monoisotopic (exact) mass is 667 g/mol. The Morgan fingerprint density at radius 3 is 2.43 bits per heavy atom. The van der Waals surface area contributed by atoms with Crippen LogP contribution in [0.2, 0.25) is 10.0 Å². The quantitative estimate of drug-likeness (QED) is 0.118. The molecule has 0 spiro atoms. The van der Waals surface area contributed by atoms with Gasteiger partial charge >= 0.3 is 12.6 Å². The van der Waals surface area contributed by atoms with Crippen LogP contribution in [0.25, 0.3) is 0 Å². The van der Waals surface area contributed by atoms with E-state index in [9.17, 15) is 28.5 Å². The lowest BCUT2D eigenvalue weighted by Gasteiger charge is -2.26. The van der Waals surface area contributed by atoms with E-state index in [1.54, 1.807) is 0 Å². The van der Waals surface area contributed by atoms with E-state index in [-0.39, 0.29) is 45.8 Å². The van der Waals surface area contributed by atoms with Gasteiger partial charge in [-0.1, -0.05) is 29.3 Å². The summed E-state index contributed by atoms with van der Waals surface area (Å²) < 4.78 is 42.7. The van der Waals surface area contributed by atoms with E-state index in [0.29, 0.717) is 29.4 Å². The molecule has 0 bridgehead atoms. The summed E-state index contributed by atoms with van der Waals surface area (Å²) in [6.45, 7) is -2.52. The smallest absolute Gasteiger partial charge is 0.387 e. The molecule has 10 nitrogen and oxygen atoms in total. The predicted molar refractivity (Wildman–Crippen MR) is 158 cm³/mol. The molecule has 2 atom stereocenters. The molecular weight excluding hydrogens is 643 g/mol. The summed E-state index contributed by atoms with van der Waals surface area (Å²) in [6, 6.07) is 9.35. The minimum Gasteiger partial charge on any atom is -0.489 e. The third-order valence-electron chi connectivity index (χ3n) is 7.01. The molecule has 1 saturated carbocycles. The number of amides is 1.